The van der Waals surface area contributed by atoms with Crippen LogP contribution in [-0.4, -0.2) is 20.2 Å². The minimum absolute atomic E-state index is 0.126. The van der Waals surface area contributed by atoms with Crippen molar-refractivity contribution < 1.29 is 23.4 Å². The molecule has 6 nitrogen and oxygen atoms in total. The Kier molecular flexibility index (Phi) is 5.45. The van der Waals surface area contributed by atoms with Crippen molar-refractivity contribution in [2.45, 2.75) is 19.8 Å². The molecule has 0 amide bonds. The van der Waals surface area contributed by atoms with Crippen molar-refractivity contribution in [1.29, 1.82) is 0 Å². The van der Waals surface area contributed by atoms with E-state index in [1.165, 1.54) is 14.2 Å². The first kappa shape index (κ1) is 18.5. The van der Waals surface area contributed by atoms with Crippen LogP contribution in [0.3, 0.4) is 0 Å². The Labute approximate surface area is 156 Å². The Morgan fingerprint density at radius 2 is 1.78 bits per heavy atom. The summed E-state index contributed by atoms with van der Waals surface area (Å²) in [6, 6.07) is 11.9. The van der Waals surface area contributed by atoms with Gasteiger partial charge in [-0.25, -0.2) is 0 Å². The van der Waals surface area contributed by atoms with Crippen LogP contribution in [0.4, 0.5) is 0 Å². The number of fused-ring (bicyclic) bond motifs is 1. The third kappa shape index (κ3) is 3.65. The fraction of sp³-hybridized carbons (Fsp3) is 0.238. The van der Waals surface area contributed by atoms with Crippen LogP contribution in [-0.2, 0) is 4.79 Å². The number of rotatable bonds is 6. The maximum Gasteiger partial charge on any atom is 0.311 e. The molecule has 3 rings (SSSR count). The first-order valence-electron chi connectivity index (χ1n) is 8.58. The van der Waals surface area contributed by atoms with Crippen molar-refractivity contribution >= 4 is 16.9 Å². The molecular formula is C21H20O6. The molecule has 2 aromatic carbocycles. The van der Waals surface area contributed by atoms with Crippen LogP contribution in [0.2, 0.25) is 0 Å². The standard InChI is InChI=1S/C21H20O6/c1-4-7-18(22)27-21-19(23)14-8-5-6-9-15(14)26-20(21)13-10-11-16(24-2)17(12-13)25-3/h5-6,8-12H,4,7H2,1-3H3. The number of carbonyl (C=O) groups is 1. The summed E-state index contributed by atoms with van der Waals surface area (Å²) in [7, 11) is 3.05. The van der Waals surface area contributed by atoms with E-state index in [0.717, 1.165) is 0 Å². The molecule has 0 N–H and O–H groups in total. The molecule has 0 aliphatic heterocycles. The molecular weight excluding hydrogens is 348 g/mol. The van der Waals surface area contributed by atoms with Gasteiger partial charge < -0.3 is 18.6 Å². The molecule has 6 heteroatoms. The van der Waals surface area contributed by atoms with Gasteiger partial charge in [-0.3, -0.25) is 9.59 Å². The molecule has 0 bridgehead atoms. The van der Waals surface area contributed by atoms with Gasteiger partial charge in [-0.15, -0.1) is 0 Å². The minimum Gasteiger partial charge on any atom is -0.493 e. The largest absolute Gasteiger partial charge is 0.493 e. The van der Waals surface area contributed by atoms with Crippen LogP contribution < -0.4 is 19.6 Å². The van der Waals surface area contributed by atoms with Gasteiger partial charge in [0.15, 0.2) is 17.3 Å². The van der Waals surface area contributed by atoms with Gasteiger partial charge in [-0.05, 0) is 36.8 Å². The normalized spacial score (nSPS) is 10.6. The molecule has 0 unspecified atom stereocenters. The molecule has 3 aromatic rings. The van der Waals surface area contributed by atoms with E-state index in [-0.39, 0.29) is 17.9 Å². The Morgan fingerprint density at radius 3 is 2.48 bits per heavy atom. The van der Waals surface area contributed by atoms with E-state index in [9.17, 15) is 9.59 Å². The predicted octanol–water partition coefficient (Wildman–Crippen LogP) is 4.18. The van der Waals surface area contributed by atoms with Crippen molar-refractivity contribution in [1.82, 2.24) is 0 Å². The maximum absolute atomic E-state index is 12.9. The molecule has 0 aliphatic carbocycles. The van der Waals surface area contributed by atoms with Crippen LogP contribution in [0.15, 0.2) is 51.7 Å². The second kappa shape index (κ2) is 7.95. The lowest BCUT2D eigenvalue weighted by atomic mass is 10.1. The summed E-state index contributed by atoms with van der Waals surface area (Å²) in [5, 5.41) is 0.348. The van der Waals surface area contributed by atoms with E-state index in [1.807, 2.05) is 6.92 Å². The van der Waals surface area contributed by atoms with Gasteiger partial charge in [-0.1, -0.05) is 19.1 Å². The topological polar surface area (TPSA) is 75.0 Å². The summed E-state index contributed by atoms with van der Waals surface area (Å²) in [6.07, 6.45) is 0.821. The van der Waals surface area contributed by atoms with Crippen molar-refractivity contribution in [3.8, 4) is 28.6 Å². The van der Waals surface area contributed by atoms with E-state index in [2.05, 4.69) is 0 Å². The van der Waals surface area contributed by atoms with Crippen molar-refractivity contribution in [2.75, 3.05) is 14.2 Å². The highest BCUT2D eigenvalue weighted by Gasteiger charge is 2.21. The number of methoxy groups -OCH3 is 2. The Bertz CT molecular complexity index is 1030. The molecule has 27 heavy (non-hydrogen) atoms. The van der Waals surface area contributed by atoms with Crippen LogP contribution in [0.25, 0.3) is 22.3 Å². The Morgan fingerprint density at radius 1 is 1.04 bits per heavy atom. The Hall–Kier alpha value is -3.28. The lowest BCUT2D eigenvalue weighted by Gasteiger charge is -2.12. The van der Waals surface area contributed by atoms with Crippen molar-refractivity contribution in [3.05, 3.63) is 52.7 Å². The van der Waals surface area contributed by atoms with E-state index in [4.69, 9.17) is 18.6 Å². The lowest BCUT2D eigenvalue weighted by Crippen LogP contribution is -2.15. The zero-order valence-electron chi connectivity index (χ0n) is 15.4. The number of esters is 1. The van der Waals surface area contributed by atoms with Crippen LogP contribution >= 0.6 is 0 Å². The van der Waals surface area contributed by atoms with Gasteiger partial charge in [-0.2, -0.15) is 0 Å². The number of para-hydroxylation sites is 1. The number of hydrogen-bond donors (Lipinski definition) is 0. The fourth-order valence-corrected chi connectivity index (χ4v) is 2.75. The van der Waals surface area contributed by atoms with Crippen molar-refractivity contribution in [3.63, 3.8) is 0 Å². The highest BCUT2D eigenvalue weighted by atomic mass is 16.5. The SMILES string of the molecule is CCCC(=O)Oc1c(-c2ccc(OC)c(OC)c2)oc2ccccc2c1=O. The van der Waals surface area contributed by atoms with Gasteiger partial charge in [0.1, 0.15) is 5.58 Å². The summed E-state index contributed by atoms with van der Waals surface area (Å²) >= 11 is 0. The van der Waals surface area contributed by atoms with E-state index < -0.39 is 11.4 Å². The monoisotopic (exact) mass is 368 g/mol. The third-order valence-corrected chi connectivity index (χ3v) is 4.07. The molecule has 1 heterocycles. The quantitative estimate of drug-likeness (QED) is 0.608. The summed E-state index contributed by atoms with van der Waals surface area (Å²) in [5.74, 6) is 0.566. The summed E-state index contributed by atoms with van der Waals surface area (Å²) in [4.78, 5) is 25.0. The smallest absolute Gasteiger partial charge is 0.311 e. The average Bonchev–Trinajstić information content (AvgIpc) is 2.69. The second-order valence-electron chi connectivity index (χ2n) is 5.88. The fourth-order valence-electron chi connectivity index (χ4n) is 2.75. The summed E-state index contributed by atoms with van der Waals surface area (Å²) < 4.78 is 21.9. The molecule has 0 saturated heterocycles. The second-order valence-corrected chi connectivity index (χ2v) is 5.88. The molecule has 0 saturated carbocycles. The molecule has 0 aliphatic rings. The molecule has 0 fully saturated rings. The third-order valence-electron chi connectivity index (χ3n) is 4.07. The Balaban J connectivity index is 2.24. The molecule has 1 aromatic heterocycles. The number of benzene rings is 2. The van der Waals surface area contributed by atoms with Gasteiger partial charge >= 0.3 is 5.97 Å². The first-order chi connectivity index (χ1) is 13.1. The highest BCUT2D eigenvalue weighted by Crippen LogP contribution is 2.36. The first-order valence-corrected chi connectivity index (χ1v) is 8.58. The highest BCUT2D eigenvalue weighted by molar-refractivity contribution is 5.84. The van der Waals surface area contributed by atoms with Crippen LogP contribution in [0.1, 0.15) is 19.8 Å². The predicted molar refractivity (Wildman–Crippen MR) is 102 cm³/mol. The average molecular weight is 368 g/mol. The van der Waals surface area contributed by atoms with Gasteiger partial charge in [0.05, 0.1) is 19.6 Å². The zero-order chi connectivity index (χ0) is 19.4. The van der Waals surface area contributed by atoms with Gasteiger partial charge in [0.2, 0.25) is 11.2 Å². The summed E-state index contributed by atoms with van der Waals surface area (Å²) in [5.41, 5.74) is 0.545. The molecule has 140 valence electrons. The zero-order valence-corrected chi connectivity index (χ0v) is 15.4. The molecule has 0 radical (unpaired) electrons. The van der Waals surface area contributed by atoms with Gasteiger partial charge in [0, 0.05) is 12.0 Å². The number of ether oxygens (including phenoxy) is 3. The van der Waals surface area contributed by atoms with Crippen LogP contribution in [0, 0.1) is 0 Å². The van der Waals surface area contributed by atoms with E-state index in [1.54, 1.807) is 42.5 Å². The minimum atomic E-state index is -0.484. The van der Waals surface area contributed by atoms with Gasteiger partial charge in [0.25, 0.3) is 0 Å². The molecule has 0 atom stereocenters. The number of carbonyl (C=O) groups excluding carboxylic acids is 1. The van der Waals surface area contributed by atoms with Crippen molar-refractivity contribution in [2.24, 2.45) is 0 Å². The number of hydrogen-bond acceptors (Lipinski definition) is 6. The van der Waals surface area contributed by atoms with E-state index in [0.29, 0.717) is 34.5 Å². The molecule has 0 spiro atoms. The lowest BCUT2D eigenvalue weighted by molar-refractivity contribution is -0.134. The van der Waals surface area contributed by atoms with E-state index >= 15 is 0 Å². The maximum atomic E-state index is 12.9. The summed E-state index contributed by atoms with van der Waals surface area (Å²) in [6.45, 7) is 1.86. The van der Waals surface area contributed by atoms with Crippen LogP contribution in [0.5, 0.6) is 17.2 Å².